The van der Waals surface area contributed by atoms with E-state index in [2.05, 4.69) is 4.72 Å². The van der Waals surface area contributed by atoms with Crippen molar-refractivity contribution in [3.05, 3.63) is 29.8 Å². The molecule has 0 atom stereocenters. The first-order valence-corrected chi connectivity index (χ1v) is 7.36. The van der Waals surface area contributed by atoms with Crippen molar-refractivity contribution in [3.63, 3.8) is 0 Å². The minimum absolute atomic E-state index is 0.129. The van der Waals surface area contributed by atoms with Gasteiger partial charge in [0.05, 0.1) is 11.5 Å². The Kier molecular flexibility index (Phi) is 6.28. The van der Waals surface area contributed by atoms with E-state index in [1.54, 1.807) is 18.2 Å². The molecule has 0 heterocycles. The van der Waals surface area contributed by atoms with Crippen LogP contribution in [0.3, 0.4) is 0 Å². The molecule has 2 N–H and O–H groups in total. The molecule has 1 rings (SSSR count). The molecule has 0 saturated carbocycles. The molecule has 1 aromatic rings. The number of nitrogens with one attached hydrogen (secondary N) is 1. The van der Waals surface area contributed by atoms with Gasteiger partial charge in [0.15, 0.2) is 0 Å². The van der Waals surface area contributed by atoms with Gasteiger partial charge in [0.2, 0.25) is 10.0 Å². The van der Waals surface area contributed by atoms with E-state index in [1.165, 1.54) is 6.07 Å². The molecule has 102 valence electrons. The fourth-order valence-corrected chi connectivity index (χ4v) is 2.80. The molecule has 0 aromatic heterocycles. The summed E-state index contributed by atoms with van der Waals surface area (Å²) in [5.74, 6) is 0. The highest BCUT2D eigenvalue weighted by atomic mass is 32.2. The van der Waals surface area contributed by atoms with Gasteiger partial charge in [0.1, 0.15) is 0 Å². The van der Waals surface area contributed by atoms with Gasteiger partial charge in [-0.15, -0.1) is 0 Å². The summed E-state index contributed by atoms with van der Waals surface area (Å²) in [6, 6.07) is 6.40. The molecule has 0 aliphatic rings. The molecule has 0 aliphatic heterocycles. The van der Waals surface area contributed by atoms with Crippen LogP contribution < -0.4 is 4.72 Å². The van der Waals surface area contributed by atoms with Crippen molar-refractivity contribution in [2.24, 2.45) is 0 Å². The largest absolute Gasteiger partial charge is 0.392 e. The molecule has 0 amide bonds. The zero-order valence-corrected chi connectivity index (χ0v) is 11.2. The van der Waals surface area contributed by atoms with E-state index < -0.39 is 10.0 Å². The number of hydrogen-bond donors (Lipinski definition) is 2. The Balaban J connectivity index is 2.63. The molecule has 0 aliphatic carbocycles. The monoisotopic (exact) mass is 273 g/mol. The van der Waals surface area contributed by atoms with Crippen LogP contribution in [0.25, 0.3) is 0 Å². The number of rotatable bonds is 8. The Bertz CT molecular complexity index is 459. The van der Waals surface area contributed by atoms with Crippen LogP contribution >= 0.6 is 0 Å². The van der Waals surface area contributed by atoms with Gasteiger partial charge < -0.3 is 9.84 Å². The number of ether oxygens (including phenoxy) is 1. The summed E-state index contributed by atoms with van der Waals surface area (Å²) in [5.41, 5.74) is 0.398. The molecule has 1 aromatic carbocycles. The second kappa shape index (κ2) is 7.48. The normalized spacial score (nSPS) is 11.7. The Morgan fingerprint density at radius 3 is 2.72 bits per heavy atom. The second-order valence-corrected chi connectivity index (χ2v) is 5.45. The maximum absolute atomic E-state index is 12.0. The third-order valence-corrected chi connectivity index (χ3v) is 3.96. The third-order valence-electron chi connectivity index (χ3n) is 2.39. The minimum atomic E-state index is -3.56. The standard InChI is InChI=1S/C12H19NO4S/c1-2-17-9-5-8-13-18(15,16)12-7-4-3-6-11(12)10-14/h3-4,6-7,13-14H,2,5,8-10H2,1H3. The number of aliphatic hydroxyl groups is 1. The van der Waals surface area contributed by atoms with Crippen molar-refractivity contribution in [1.29, 1.82) is 0 Å². The van der Waals surface area contributed by atoms with Gasteiger partial charge in [0.25, 0.3) is 0 Å². The number of sulfonamides is 1. The third kappa shape index (κ3) is 4.38. The Hall–Kier alpha value is -0.950. The molecule has 0 spiro atoms. The smallest absolute Gasteiger partial charge is 0.240 e. The van der Waals surface area contributed by atoms with Gasteiger partial charge in [-0.1, -0.05) is 18.2 Å². The van der Waals surface area contributed by atoms with E-state index in [0.29, 0.717) is 31.7 Å². The average molecular weight is 273 g/mol. The van der Waals surface area contributed by atoms with Crippen LogP contribution in [0.4, 0.5) is 0 Å². The predicted octanol–water partition coefficient (Wildman–Crippen LogP) is 0.884. The first-order chi connectivity index (χ1) is 8.61. The lowest BCUT2D eigenvalue weighted by atomic mass is 10.2. The molecule has 0 saturated heterocycles. The molecule has 0 unspecified atom stereocenters. The van der Waals surface area contributed by atoms with E-state index in [-0.39, 0.29) is 11.5 Å². The summed E-state index contributed by atoms with van der Waals surface area (Å²) < 4.78 is 31.6. The summed E-state index contributed by atoms with van der Waals surface area (Å²) in [4.78, 5) is 0.129. The van der Waals surface area contributed by atoms with Gasteiger partial charge in [-0.25, -0.2) is 13.1 Å². The summed E-state index contributed by atoms with van der Waals surface area (Å²) in [5, 5.41) is 9.11. The van der Waals surface area contributed by atoms with Crippen molar-refractivity contribution >= 4 is 10.0 Å². The van der Waals surface area contributed by atoms with Crippen LogP contribution in [0, 0.1) is 0 Å². The zero-order valence-electron chi connectivity index (χ0n) is 10.4. The van der Waals surface area contributed by atoms with Crippen molar-refractivity contribution < 1.29 is 18.3 Å². The molecular formula is C12H19NO4S. The first kappa shape index (κ1) is 15.1. The second-order valence-electron chi connectivity index (χ2n) is 3.71. The maximum Gasteiger partial charge on any atom is 0.240 e. The maximum atomic E-state index is 12.0. The molecule has 0 bridgehead atoms. The van der Waals surface area contributed by atoms with Crippen molar-refractivity contribution in [1.82, 2.24) is 4.72 Å². The van der Waals surface area contributed by atoms with E-state index in [0.717, 1.165) is 0 Å². The topological polar surface area (TPSA) is 75.6 Å². The van der Waals surface area contributed by atoms with Gasteiger partial charge in [-0.2, -0.15) is 0 Å². The fourth-order valence-electron chi connectivity index (χ4n) is 1.50. The summed E-state index contributed by atoms with van der Waals surface area (Å²) in [7, 11) is -3.56. The minimum Gasteiger partial charge on any atom is -0.392 e. The zero-order chi connectivity index (χ0) is 13.4. The van der Waals surface area contributed by atoms with E-state index >= 15 is 0 Å². The fraction of sp³-hybridized carbons (Fsp3) is 0.500. The Morgan fingerprint density at radius 2 is 2.06 bits per heavy atom. The van der Waals surface area contributed by atoms with E-state index in [1.807, 2.05) is 6.92 Å². The highest BCUT2D eigenvalue weighted by Gasteiger charge is 2.16. The first-order valence-electron chi connectivity index (χ1n) is 5.88. The van der Waals surface area contributed by atoms with Crippen LogP contribution in [-0.2, 0) is 21.4 Å². The highest BCUT2D eigenvalue weighted by molar-refractivity contribution is 7.89. The van der Waals surface area contributed by atoms with Crippen LogP contribution in [0.1, 0.15) is 18.9 Å². The number of hydrogen-bond acceptors (Lipinski definition) is 4. The molecule has 0 radical (unpaired) electrons. The van der Waals surface area contributed by atoms with Gasteiger partial charge >= 0.3 is 0 Å². The summed E-state index contributed by atoms with van der Waals surface area (Å²) in [6.07, 6.45) is 0.619. The molecular weight excluding hydrogens is 254 g/mol. The molecule has 18 heavy (non-hydrogen) atoms. The van der Waals surface area contributed by atoms with Gasteiger partial charge in [0, 0.05) is 19.8 Å². The molecule has 6 heteroatoms. The van der Waals surface area contributed by atoms with Crippen molar-refractivity contribution in [3.8, 4) is 0 Å². The van der Waals surface area contributed by atoms with Crippen molar-refractivity contribution in [2.75, 3.05) is 19.8 Å². The lowest BCUT2D eigenvalue weighted by Crippen LogP contribution is -2.26. The predicted molar refractivity (Wildman–Crippen MR) is 68.7 cm³/mol. The van der Waals surface area contributed by atoms with Gasteiger partial charge in [-0.3, -0.25) is 0 Å². The number of benzene rings is 1. The van der Waals surface area contributed by atoms with Crippen LogP contribution in [-0.4, -0.2) is 33.3 Å². The Labute approximate surface area is 108 Å². The Morgan fingerprint density at radius 1 is 1.33 bits per heavy atom. The number of aliphatic hydroxyl groups excluding tert-OH is 1. The molecule has 0 fully saturated rings. The molecule has 5 nitrogen and oxygen atoms in total. The van der Waals surface area contributed by atoms with Crippen LogP contribution in [0.2, 0.25) is 0 Å². The van der Waals surface area contributed by atoms with E-state index in [9.17, 15) is 8.42 Å². The summed E-state index contributed by atoms with van der Waals surface area (Å²) in [6.45, 7) is 3.07. The summed E-state index contributed by atoms with van der Waals surface area (Å²) >= 11 is 0. The van der Waals surface area contributed by atoms with Crippen molar-refractivity contribution in [2.45, 2.75) is 24.8 Å². The lowest BCUT2D eigenvalue weighted by molar-refractivity contribution is 0.146. The lowest BCUT2D eigenvalue weighted by Gasteiger charge is -2.09. The van der Waals surface area contributed by atoms with Crippen LogP contribution in [0.5, 0.6) is 0 Å². The highest BCUT2D eigenvalue weighted by Crippen LogP contribution is 2.14. The SMILES string of the molecule is CCOCCCNS(=O)(=O)c1ccccc1CO. The average Bonchev–Trinajstić information content (AvgIpc) is 2.38. The van der Waals surface area contributed by atoms with E-state index in [4.69, 9.17) is 9.84 Å². The van der Waals surface area contributed by atoms with Crippen LogP contribution in [0.15, 0.2) is 29.2 Å². The van der Waals surface area contributed by atoms with Gasteiger partial charge in [-0.05, 0) is 25.0 Å². The quantitative estimate of drug-likeness (QED) is 0.690.